The number of amides is 3. The first-order chi connectivity index (χ1) is 9.95. The number of likely N-dealkylation sites (N-methyl/N-ethyl adjacent to an activating group) is 1. The lowest BCUT2D eigenvalue weighted by molar-refractivity contribution is -0.135. The number of nitrogens with one attached hydrogen (secondary N) is 2. The molecule has 2 rings (SSSR count). The monoisotopic (exact) mass is 293 g/mol. The molecule has 1 heterocycles. The van der Waals surface area contributed by atoms with Crippen molar-refractivity contribution in [2.75, 3.05) is 26.0 Å². The fourth-order valence-electron chi connectivity index (χ4n) is 1.95. The molecule has 0 fully saturated rings. The summed E-state index contributed by atoms with van der Waals surface area (Å²) in [6.07, 6.45) is 0.977. The highest BCUT2D eigenvalue weighted by molar-refractivity contribution is 5.89. The Morgan fingerprint density at radius 3 is 2.90 bits per heavy atom. The normalized spacial score (nSPS) is 15.9. The van der Waals surface area contributed by atoms with Gasteiger partial charge in [-0.2, -0.15) is 0 Å². The minimum Gasteiger partial charge on any atom is -0.490 e. The highest BCUT2D eigenvalue weighted by atomic mass is 16.7. The average Bonchev–Trinajstić information content (AvgIpc) is 2.77. The van der Waals surface area contributed by atoms with Crippen LogP contribution in [0.5, 0.6) is 5.75 Å². The highest BCUT2D eigenvalue weighted by Gasteiger charge is 2.19. The molecule has 21 heavy (non-hydrogen) atoms. The van der Waals surface area contributed by atoms with Crippen molar-refractivity contribution in [1.29, 1.82) is 0 Å². The maximum Gasteiger partial charge on any atom is 0.343 e. The molecule has 3 amide bonds. The largest absolute Gasteiger partial charge is 0.490 e. The first-order valence-corrected chi connectivity index (χ1v) is 6.64. The second-order valence-corrected chi connectivity index (χ2v) is 5.09. The van der Waals surface area contributed by atoms with Gasteiger partial charge in [-0.1, -0.05) is 0 Å². The molecule has 0 radical (unpaired) electrons. The van der Waals surface area contributed by atoms with Gasteiger partial charge < -0.3 is 15.0 Å². The fourth-order valence-corrected chi connectivity index (χ4v) is 1.95. The molecule has 0 aliphatic carbocycles. The summed E-state index contributed by atoms with van der Waals surface area (Å²) in [6.45, 7) is 1.78. The summed E-state index contributed by atoms with van der Waals surface area (Å²) < 4.78 is 5.59. The molecule has 1 atom stereocenters. The molecule has 1 aromatic rings. The molecule has 1 aromatic carbocycles. The van der Waals surface area contributed by atoms with Crippen molar-refractivity contribution < 1.29 is 19.2 Å². The summed E-state index contributed by atoms with van der Waals surface area (Å²) in [4.78, 5) is 29.1. The van der Waals surface area contributed by atoms with Crippen molar-refractivity contribution >= 4 is 17.6 Å². The van der Waals surface area contributed by atoms with E-state index in [9.17, 15) is 9.59 Å². The second-order valence-electron chi connectivity index (χ2n) is 5.09. The van der Waals surface area contributed by atoms with Gasteiger partial charge in [0, 0.05) is 26.2 Å². The maximum atomic E-state index is 11.6. The number of ether oxygens (including phenoxy) is 1. The number of hydrogen-bond donors (Lipinski definition) is 2. The minimum absolute atomic E-state index is 0.157. The Bertz CT molecular complexity index is 545. The Hall–Kier alpha value is -2.28. The molecule has 0 saturated heterocycles. The van der Waals surface area contributed by atoms with Gasteiger partial charge in [0.15, 0.2) is 6.61 Å². The summed E-state index contributed by atoms with van der Waals surface area (Å²) in [7, 11) is 3.22. The van der Waals surface area contributed by atoms with Crippen LogP contribution in [0.15, 0.2) is 18.2 Å². The number of rotatable bonds is 4. The summed E-state index contributed by atoms with van der Waals surface area (Å²) >= 11 is 0. The molecule has 0 saturated carbocycles. The van der Waals surface area contributed by atoms with Crippen LogP contribution >= 0.6 is 0 Å². The summed E-state index contributed by atoms with van der Waals surface area (Å²) in [5, 5.41) is 2.63. The van der Waals surface area contributed by atoms with Crippen LogP contribution in [0.4, 0.5) is 10.5 Å². The maximum absolute atomic E-state index is 11.6. The van der Waals surface area contributed by atoms with E-state index in [0.717, 1.165) is 17.7 Å². The van der Waals surface area contributed by atoms with E-state index >= 15 is 0 Å². The van der Waals surface area contributed by atoms with Crippen molar-refractivity contribution in [3.8, 4) is 5.75 Å². The third-order valence-electron chi connectivity index (χ3n) is 3.01. The van der Waals surface area contributed by atoms with Gasteiger partial charge in [-0.3, -0.25) is 9.63 Å². The fraction of sp³-hybridized carbons (Fsp3) is 0.429. The molecular formula is C14H19N3O4. The zero-order valence-electron chi connectivity index (χ0n) is 12.3. The van der Waals surface area contributed by atoms with Gasteiger partial charge in [-0.15, -0.1) is 0 Å². The molecule has 0 spiro atoms. The Kier molecular flexibility index (Phi) is 4.64. The van der Waals surface area contributed by atoms with E-state index < -0.39 is 6.03 Å². The van der Waals surface area contributed by atoms with Crippen LogP contribution in [0.1, 0.15) is 12.5 Å². The highest BCUT2D eigenvalue weighted by Crippen LogP contribution is 2.30. The summed E-state index contributed by atoms with van der Waals surface area (Å²) in [6, 6.07) is 4.91. The van der Waals surface area contributed by atoms with Gasteiger partial charge >= 0.3 is 6.03 Å². The van der Waals surface area contributed by atoms with Gasteiger partial charge in [0.1, 0.15) is 11.9 Å². The topological polar surface area (TPSA) is 79.9 Å². The Balaban J connectivity index is 1.81. The molecule has 1 aliphatic heterocycles. The molecule has 7 heteroatoms. The molecule has 7 nitrogen and oxygen atoms in total. The van der Waals surface area contributed by atoms with Crippen molar-refractivity contribution in [2.45, 2.75) is 19.4 Å². The van der Waals surface area contributed by atoms with Crippen LogP contribution < -0.4 is 15.5 Å². The van der Waals surface area contributed by atoms with Crippen molar-refractivity contribution in [1.82, 2.24) is 10.4 Å². The van der Waals surface area contributed by atoms with Gasteiger partial charge in [-0.05, 0) is 30.7 Å². The van der Waals surface area contributed by atoms with E-state index in [-0.39, 0.29) is 18.6 Å². The molecule has 2 N–H and O–H groups in total. The van der Waals surface area contributed by atoms with Gasteiger partial charge in [0.25, 0.3) is 5.91 Å². The van der Waals surface area contributed by atoms with E-state index in [1.807, 2.05) is 19.1 Å². The van der Waals surface area contributed by atoms with Crippen LogP contribution in [0.3, 0.4) is 0 Å². The van der Waals surface area contributed by atoms with E-state index in [1.165, 1.54) is 4.90 Å². The minimum atomic E-state index is -0.534. The Morgan fingerprint density at radius 2 is 2.19 bits per heavy atom. The van der Waals surface area contributed by atoms with Crippen LogP contribution in [0.25, 0.3) is 0 Å². The number of anilines is 1. The van der Waals surface area contributed by atoms with Gasteiger partial charge in [0.2, 0.25) is 0 Å². The first kappa shape index (κ1) is 15.1. The Morgan fingerprint density at radius 1 is 1.43 bits per heavy atom. The van der Waals surface area contributed by atoms with Crippen LogP contribution in [0, 0.1) is 0 Å². The number of nitrogens with zero attached hydrogens (tertiary/aromatic N) is 1. The van der Waals surface area contributed by atoms with E-state index in [0.29, 0.717) is 5.69 Å². The first-order valence-electron chi connectivity index (χ1n) is 6.64. The lowest BCUT2D eigenvalue weighted by Crippen LogP contribution is -2.34. The van der Waals surface area contributed by atoms with E-state index in [1.54, 1.807) is 20.2 Å². The molecule has 1 unspecified atom stereocenters. The molecule has 1 aliphatic rings. The molecule has 0 aromatic heterocycles. The predicted molar refractivity (Wildman–Crippen MR) is 77.0 cm³/mol. The van der Waals surface area contributed by atoms with Crippen LogP contribution in [-0.2, 0) is 16.1 Å². The number of fused-ring (bicyclic) bond motifs is 1. The zero-order chi connectivity index (χ0) is 15.4. The quantitative estimate of drug-likeness (QED) is 0.816. The van der Waals surface area contributed by atoms with Gasteiger partial charge in [-0.25, -0.2) is 10.3 Å². The number of hydroxylamine groups is 1. The second kappa shape index (κ2) is 6.45. The van der Waals surface area contributed by atoms with Crippen molar-refractivity contribution in [3.05, 3.63) is 23.8 Å². The third kappa shape index (κ3) is 4.09. The molecular weight excluding hydrogens is 274 g/mol. The smallest absolute Gasteiger partial charge is 0.343 e. The Labute approximate surface area is 123 Å². The van der Waals surface area contributed by atoms with Gasteiger partial charge in [0.05, 0.1) is 0 Å². The van der Waals surface area contributed by atoms with Crippen molar-refractivity contribution in [2.24, 2.45) is 0 Å². The van der Waals surface area contributed by atoms with Crippen LogP contribution in [0.2, 0.25) is 0 Å². The zero-order valence-corrected chi connectivity index (χ0v) is 12.3. The SMILES string of the molecule is CC1Cc2cc(NC(=O)NOCC(=O)N(C)C)ccc2O1. The standard InChI is InChI=1S/C14H19N3O4/c1-9-6-10-7-11(4-5-12(10)21-9)15-14(19)16-20-8-13(18)17(2)3/h4-5,7,9H,6,8H2,1-3H3,(H2,15,16,19). The number of benzene rings is 1. The van der Waals surface area contributed by atoms with E-state index in [4.69, 9.17) is 9.57 Å². The number of hydrogen-bond acceptors (Lipinski definition) is 4. The average molecular weight is 293 g/mol. The summed E-state index contributed by atoms with van der Waals surface area (Å²) in [5.41, 5.74) is 3.87. The number of urea groups is 1. The number of carbonyl (C=O) groups is 2. The summed E-state index contributed by atoms with van der Waals surface area (Å²) in [5.74, 6) is 0.611. The predicted octanol–water partition coefficient (Wildman–Crippen LogP) is 1.15. The van der Waals surface area contributed by atoms with Crippen LogP contribution in [-0.4, -0.2) is 43.6 Å². The lowest BCUT2D eigenvalue weighted by Gasteiger charge is -2.11. The van der Waals surface area contributed by atoms with Crippen molar-refractivity contribution in [3.63, 3.8) is 0 Å². The molecule has 0 bridgehead atoms. The number of carbonyl (C=O) groups excluding carboxylic acids is 2. The van der Waals surface area contributed by atoms with E-state index in [2.05, 4.69) is 10.8 Å². The third-order valence-corrected chi connectivity index (χ3v) is 3.01. The molecule has 114 valence electrons. The lowest BCUT2D eigenvalue weighted by atomic mass is 10.1.